The van der Waals surface area contributed by atoms with E-state index in [1.165, 1.54) is 0 Å². The van der Waals surface area contributed by atoms with Gasteiger partial charge in [0, 0.05) is 6.42 Å². The summed E-state index contributed by atoms with van der Waals surface area (Å²) in [6, 6.07) is 8.74. The van der Waals surface area contributed by atoms with Crippen LogP contribution in [0.5, 0.6) is 0 Å². The Morgan fingerprint density at radius 3 is 2.63 bits per heavy atom. The van der Waals surface area contributed by atoms with E-state index in [0.29, 0.717) is 0 Å². The predicted octanol–water partition coefficient (Wildman–Crippen LogP) is 1.23. The van der Waals surface area contributed by atoms with Gasteiger partial charge in [0.25, 0.3) is 5.91 Å². The van der Waals surface area contributed by atoms with Gasteiger partial charge in [-0.3, -0.25) is 9.59 Å². The summed E-state index contributed by atoms with van der Waals surface area (Å²) in [5.74, 6) is -0.710. The van der Waals surface area contributed by atoms with Gasteiger partial charge in [0.1, 0.15) is 0 Å². The molecule has 19 heavy (non-hydrogen) atoms. The molecule has 1 aliphatic carbocycles. The van der Waals surface area contributed by atoms with Crippen LogP contribution in [0.15, 0.2) is 30.3 Å². The van der Waals surface area contributed by atoms with Crippen molar-refractivity contribution in [3.63, 3.8) is 0 Å². The molecule has 4 nitrogen and oxygen atoms in total. The number of hydrogen-bond donors (Lipinski definition) is 2. The summed E-state index contributed by atoms with van der Waals surface area (Å²) in [5.41, 5.74) is -0.783. The minimum atomic E-state index is -1.70. The van der Waals surface area contributed by atoms with Gasteiger partial charge in [0.15, 0.2) is 5.67 Å². The Hall–Kier alpha value is -1.91. The van der Waals surface area contributed by atoms with E-state index in [4.69, 9.17) is 0 Å². The Balaban J connectivity index is 1.75. The van der Waals surface area contributed by atoms with E-state index < -0.39 is 11.6 Å². The molecule has 1 aromatic rings. The number of rotatable bonds is 3. The summed E-state index contributed by atoms with van der Waals surface area (Å²) < 4.78 is 13.7. The van der Waals surface area contributed by atoms with Crippen LogP contribution in [0.3, 0.4) is 0 Å². The van der Waals surface area contributed by atoms with E-state index in [9.17, 15) is 14.0 Å². The van der Waals surface area contributed by atoms with Gasteiger partial charge < -0.3 is 10.6 Å². The van der Waals surface area contributed by atoms with E-state index in [-0.39, 0.29) is 37.3 Å². The fourth-order valence-electron chi connectivity index (χ4n) is 2.40. The first-order valence-electron chi connectivity index (χ1n) is 6.43. The highest BCUT2D eigenvalue weighted by Crippen LogP contribution is 2.40. The number of carbonyl (C=O) groups excluding carboxylic acids is 2. The monoisotopic (exact) mass is 262 g/mol. The average molecular weight is 262 g/mol. The van der Waals surface area contributed by atoms with Crippen molar-refractivity contribution in [3.05, 3.63) is 35.9 Å². The molecule has 1 saturated carbocycles. The number of hydrogen-bond acceptors (Lipinski definition) is 2. The molecule has 2 aliphatic rings. The average Bonchev–Trinajstić information content (AvgIpc) is 3.05. The quantitative estimate of drug-likeness (QED) is 0.861. The maximum atomic E-state index is 13.7. The molecular formula is C14H15FN2O2. The molecule has 2 amide bonds. The van der Waals surface area contributed by atoms with Gasteiger partial charge in [-0.1, -0.05) is 30.3 Å². The first-order valence-corrected chi connectivity index (χ1v) is 6.43. The highest BCUT2D eigenvalue weighted by atomic mass is 19.1. The maximum absolute atomic E-state index is 13.7. The molecule has 2 N–H and O–H groups in total. The number of carbonyl (C=O) groups is 2. The van der Waals surface area contributed by atoms with Gasteiger partial charge in [-0.15, -0.1) is 0 Å². The lowest BCUT2D eigenvalue weighted by Crippen LogP contribution is -2.43. The largest absolute Gasteiger partial charge is 0.348 e. The van der Waals surface area contributed by atoms with Gasteiger partial charge in [0.05, 0.1) is 12.1 Å². The Morgan fingerprint density at radius 2 is 2.00 bits per heavy atom. The van der Waals surface area contributed by atoms with Crippen LogP contribution in [-0.2, 0) is 9.59 Å². The molecule has 1 aliphatic heterocycles. The zero-order chi connectivity index (χ0) is 13.5. The molecule has 0 spiro atoms. The Labute approximate surface area is 110 Å². The number of alkyl halides is 1. The summed E-state index contributed by atoms with van der Waals surface area (Å²) in [6.07, 6.45) is 0.757. The standard InChI is InChI=1S/C14H15FN2O2/c15-14(6-7-14)13(19)16-10-8-11(18)17-12(10)9-4-2-1-3-5-9/h1-5,10,12H,6-8H2,(H,16,19)(H,17,18)/t10-,12?/m0/s1. The summed E-state index contributed by atoms with van der Waals surface area (Å²) >= 11 is 0. The molecule has 100 valence electrons. The van der Waals surface area contributed by atoms with Crippen molar-refractivity contribution in [3.8, 4) is 0 Å². The van der Waals surface area contributed by atoms with Crippen LogP contribution in [0, 0.1) is 0 Å². The number of nitrogens with one attached hydrogen (secondary N) is 2. The molecule has 5 heteroatoms. The van der Waals surface area contributed by atoms with Gasteiger partial charge in [-0.2, -0.15) is 0 Å². The molecule has 0 radical (unpaired) electrons. The van der Waals surface area contributed by atoms with Crippen LogP contribution >= 0.6 is 0 Å². The second kappa shape index (κ2) is 4.33. The first kappa shape index (κ1) is 12.1. The van der Waals surface area contributed by atoms with E-state index >= 15 is 0 Å². The smallest absolute Gasteiger partial charge is 0.257 e. The van der Waals surface area contributed by atoms with Crippen LogP contribution in [0.2, 0.25) is 0 Å². The minimum Gasteiger partial charge on any atom is -0.348 e. The second-order valence-corrected chi connectivity index (χ2v) is 5.21. The Morgan fingerprint density at radius 1 is 1.32 bits per heavy atom. The lowest BCUT2D eigenvalue weighted by Gasteiger charge is -2.21. The highest BCUT2D eigenvalue weighted by Gasteiger charge is 2.52. The molecule has 1 unspecified atom stereocenters. The van der Waals surface area contributed by atoms with Crippen molar-refractivity contribution in [2.24, 2.45) is 0 Å². The molecule has 1 heterocycles. The number of halogens is 1. The van der Waals surface area contributed by atoms with Gasteiger partial charge in [-0.25, -0.2) is 4.39 Å². The van der Waals surface area contributed by atoms with Crippen molar-refractivity contribution >= 4 is 11.8 Å². The van der Waals surface area contributed by atoms with Crippen molar-refractivity contribution < 1.29 is 14.0 Å². The van der Waals surface area contributed by atoms with E-state index in [2.05, 4.69) is 10.6 Å². The van der Waals surface area contributed by atoms with Crippen molar-refractivity contribution in [2.45, 2.75) is 37.0 Å². The summed E-state index contributed by atoms with van der Waals surface area (Å²) in [6.45, 7) is 0. The number of amides is 2. The van der Waals surface area contributed by atoms with Gasteiger partial charge in [-0.05, 0) is 18.4 Å². The van der Waals surface area contributed by atoms with Crippen molar-refractivity contribution in [2.75, 3.05) is 0 Å². The summed E-state index contributed by atoms with van der Waals surface area (Å²) in [4.78, 5) is 23.3. The normalized spacial score (nSPS) is 27.7. The highest BCUT2D eigenvalue weighted by molar-refractivity contribution is 5.89. The lowest BCUT2D eigenvalue weighted by molar-refractivity contribution is -0.128. The van der Waals surface area contributed by atoms with E-state index in [0.717, 1.165) is 5.56 Å². The topological polar surface area (TPSA) is 58.2 Å². The Kier molecular flexibility index (Phi) is 2.77. The Bertz CT molecular complexity index is 513. The van der Waals surface area contributed by atoms with E-state index in [1.54, 1.807) is 0 Å². The molecule has 2 atom stereocenters. The molecule has 0 aromatic heterocycles. The van der Waals surface area contributed by atoms with E-state index in [1.807, 2.05) is 30.3 Å². The predicted molar refractivity (Wildman–Crippen MR) is 66.9 cm³/mol. The van der Waals surface area contributed by atoms with Crippen LogP contribution < -0.4 is 10.6 Å². The maximum Gasteiger partial charge on any atom is 0.257 e. The third kappa shape index (κ3) is 2.32. The minimum absolute atomic E-state index is 0.122. The molecule has 0 bridgehead atoms. The second-order valence-electron chi connectivity index (χ2n) is 5.21. The summed E-state index contributed by atoms with van der Waals surface area (Å²) in [5, 5.41) is 5.48. The fraction of sp³-hybridized carbons (Fsp3) is 0.429. The molecule has 1 saturated heterocycles. The lowest BCUT2D eigenvalue weighted by atomic mass is 10.0. The van der Waals surface area contributed by atoms with Crippen molar-refractivity contribution in [1.29, 1.82) is 0 Å². The molecule has 3 rings (SSSR count). The summed E-state index contributed by atoms with van der Waals surface area (Å²) in [7, 11) is 0. The molecule has 1 aromatic carbocycles. The molecule has 2 fully saturated rings. The van der Waals surface area contributed by atoms with Crippen LogP contribution in [0.1, 0.15) is 30.9 Å². The third-order valence-electron chi connectivity index (χ3n) is 3.70. The molecular weight excluding hydrogens is 247 g/mol. The van der Waals surface area contributed by atoms with Crippen LogP contribution in [0.25, 0.3) is 0 Å². The van der Waals surface area contributed by atoms with Crippen LogP contribution in [-0.4, -0.2) is 23.5 Å². The van der Waals surface area contributed by atoms with Crippen molar-refractivity contribution in [1.82, 2.24) is 10.6 Å². The zero-order valence-electron chi connectivity index (χ0n) is 10.4. The number of benzene rings is 1. The SMILES string of the molecule is O=C1C[C@H](NC(=O)C2(F)CC2)C(c2ccccc2)N1. The zero-order valence-corrected chi connectivity index (χ0v) is 10.4. The van der Waals surface area contributed by atoms with Crippen LogP contribution in [0.4, 0.5) is 4.39 Å². The fourth-order valence-corrected chi connectivity index (χ4v) is 2.40. The first-order chi connectivity index (χ1) is 9.08. The van der Waals surface area contributed by atoms with Gasteiger partial charge in [0.2, 0.25) is 5.91 Å². The van der Waals surface area contributed by atoms with Gasteiger partial charge >= 0.3 is 0 Å². The third-order valence-corrected chi connectivity index (χ3v) is 3.70.